The van der Waals surface area contributed by atoms with Gasteiger partial charge in [-0.15, -0.1) is 0 Å². The van der Waals surface area contributed by atoms with Gasteiger partial charge in [-0.25, -0.2) is 13.2 Å². The van der Waals surface area contributed by atoms with Crippen LogP contribution in [0.15, 0.2) is 24.3 Å². The minimum atomic E-state index is -3.83. The molecule has 1 saturated carbocycles. The van der Waals surface area contributed by atoms with E-state index in [1.807, 2.05) is 0 Å². The molecule has 0 aromatic heterocycles. The second kappa shape index (κ2) is 12.1. The van der Waals surface area contributed by atoms with Gasteiger partial charge < -0.3 is 18.9 Å². The molecule has 4 nitrogen and oxygen atoms in total. The highest BCUT2D eigenvalue weighted by atomic mass is 19.3. The van der Waals surface area contributed by atoms with E-state index in [-0.39, 0.29) is 38.0 Å². The van der Waals surface area contributed by atoms with E-state index in [1.54, 1.807) is 6.08 Å². The van der Waals surface area contributed by atoms with Gasteiger partial charge >= 0.3 is 12.2 Å². The largest absolute Gasteiger partial charge is 0.432 e. The van der Waals surface area contributed by atoms with E-state index < -0.39 is 59.6 Å². The first kappa shape index (κ1) is 29.1. The number of ether oxygens (including phenoxy) is 4. The third-order valence-corrected chi connectivity index (χ3v) is 7.56. The van der Waals surface area contributed by atoms with Gasteiger partial charge in [0.2, 0.25) is 0 Å². The van der Waals surface area contributed by atoms with Crippen LogP contribution < -0.4 is 4.74 Å². The number of benzene rings is 1. The molecule has 0 bridgehead atoms. The molecule has 2 aliphatic carbocycles. The molecular formula is C27H33F7O4. The molecule has 0 spiro atoms. The van der Waals surface area contributed by atoms with Gasteiger partial charge in [0.25, 0.3) is 0 Å². The molecule has 1 aliphatic heterocycles. The fourth-order valence-electron chi connectivity index (χ4n) is 5.39. The molecule has 0 amide bonds. The summed E-state index contributed by atoms with van der Waals surface area (Å²) in [7, 11) is 0. The maximum Gasteiger partial charge on any atom is 0.400 e. The number of halogens is 7. The van der Waals surface area contributed by atoms with E-state index in [0.29, 0.717) is 37.7 Å². The zero-order valence-corrected chi connectivity index (χ0v) is 21.1. The predicted molar refractivity (Wildman–Crippen MR) is 123 cm³/mol. The summed E-state index contributed by atoms with van der Waals surface area (Å²) in [4.78, 5) is 0. The Bertz CT molecular complexity index is 934. The zero-order valence-electron chi connectivity index (χ0n) is 21.1. The molecule has 2 atom stereocenters. The van der Waals surface area contributed by atoms with Crippen LogP contribution in [-0.2, 0) is 14.2 Å². The van der Waals surface area contributed by atoms with Crippen molar-refractivity contribution in [1.82, 2.24) is 0 Å². The highest BCUT2D eigenvalue weighted by Gasteiger charge is 2.48. The lowest BCUT2D eigenvalue weighted by Gasteiger charge is -2.38. The van der Waals surface area contributed by atoms with Crippen molar-refractivity contribution in [2.45, 2.75) is 82.9 Å². The monoisotopic (exact) mass is 554 g/mol. The quantitative estimate of drug-likeness (QED) is 0.179. The van der Waals surface area contributed by atoms with Crippen molar-refractivity contribution < 1.29 is 49.7 Å². The Labute approximate surface area is 217 Å². The Balaban J connectivity index is 1.25. The minimum absolute atomic E-state index is 0.0624. The molecule has 1 aromatic rings. The van der Waals surface area contributed by atoms with Crippen molar-refractivity contribution in [3.8, 4) is 5.75 Å². The number of hydrogen-bond acceptors (Lipinski definition) is 4. The first-order chi connectivity index (χ1) is 18.0. The Hall–Kier alpha value is -1.85. The molecule has 0 radical (unpaired) electrons. The highest BCUT2D eigenvalue weighted by Crippen LogP contribution is 2.43. The predicted octanol–water partition coefficient (Wildman–Crippen LogP) is 7.62. The lowest BCUT2D eigenvalue weighted by Crippen LogP contribution is -2.42. The third-order valence-electron chi connectivity index (χ3n) is 7.56. The van der Waals surface area contributed by atoms with Gasteiger partial charge in [0.15, 0.2) is 23.7 Å². The smallest absolute Gasteiger partial charge is 0.400 e. The first-order valence-electron chi connectivity index (χ1n) is 13.2. The average Bonchev–Trinajstić information content (AvgIpc) is 2.88. The summed E-state index contributed by atoms with van der Waals surface area (Å²) < 4.78 is 120. The van der Waals surface area contributed by atoms with Gasteiger partial charge in [-0.2, -0.15) is 17.6 Å². The molecule has 2 fully saturated rings. The molecule has 11 heteroatoms. The fraction of sp³-hybridized carbons (Fsp3) is 0.704. The summed E-state index contributed by atoms with van der Waals surface area (Å²) in [6.45, 7) is 3.28. The van der Waals surface area contributed by atoms with Crippen LogP contribution >= 0.6 is 0 Å². The Kier molecular flexibility index (Phi) is 9.30. The SMILES string of the molecule is CCCC1COC(C2C=CC(C(F)(F)OC3CCC(C(F)(F)Oc4cc(F)c(F)c(F)c4)CC3)CC2)OC1. The Morgan fingerprint density at radius 3 is 2.03 bits per heavy atom. The fourth-order valence-corrected chi connectivity index (χ4v) is 5.39. The van der Waals surface area contributed by atoms with E-state index in [0.717, 1.165) is 12.8 Å². The standard InChI is InChI=1S/C27H33F7O4/c1-2-3-16-14-35-25(36-15-16)17-4-6-18(7-5-17)26(31,32)37-20-10-8-19(9-11-20)27(33,34)38-21-12-22(28)24(30)23(29)13-21/h4,6,12-13,16-20,25H,2-3,5,7-11,14-15H2,1H3. The first-order valence-corrected chi connectivity index (χ1v) is 13.2. The van der Waals surface area contributed by atoms with Crippen molar-refractivity contribution in [3.63, 3.8) is 0 Å². The molecule has 1 aromatic carbocycles. The van der Waals surface area contributed by atoms with E-state index >= 15 is 0 Å². The van der Waals surface area contributed by atoms with Crippen LogP contribution in [0.3, 0.4) is 0 Å². The van der Waals surface area contributed by atoms with Crippen molar-refractivity contribution in [3.05, 3.63) is 41.7 Å². The molecule has 3 aliphatic rings. The van der Waals surface area contributed by atoms with Crippen LogP contribution in [0.2, 0.25) is 0 Å². The van der Waals surface area contributed by atoms with Crippen LogP contribution in [0, 0.1) is 41.1 Å². The number of rotatable bonds is 9. The normalized spacial score (nSPS) is 30.8. The molecule has 1 heterocycles. The van der Waals surface area contributed by atoms with Gasteiger partial charge in [0, 0.05) is 24.0 Å². The molecule has 38 heavy (non-hydrogen) atoms. The van der Waals surface area contributed by atoms with Crippen LogP contribution in [0.25, 0.3) is 0 Å². The summed E-state index contributed by atoms with van der Waals surface area (Å²) in [5.74, 6) is -8.26. The van der Waals surface area contributed by atoms with Gasteiger partial charge in [0.05, 0.1) is 31.2 Å². The van der Waals surface area contributed by atoms with E-state index in [1.165, 1.54) is 6.08 Å². The molecule has 214 valence electrons. The van der Waals surface area contributed by atoms with Gasteiger partial charge in [0.1, 0.15) is 5.75 Å². The van der Waals surface area contributed by atoms with E-state index in [9.17, 15) is 30.7 Å². The van der Waals surface area contributed by atoms with E-state index in [2.05, 4.69) is 11.7 Å². The van der Waals surface area contributed by atoms with Crippen molar-refractivity contribution in [1.29, 1.82) is 0 Å². The van der Waals surface area contributed by atoms with Gasteiger partial charge in [-0.3, -0.25) is 0 Å². The zero-order chi connectivity index (χ0) is 27.5. The van der Waals surface area contributed by atoms with Gasteiger partial charge in [-0.1, -0.05) is 25.5 Å². The molecule has 4 rings (SSSR count). The molecule has 2 unspecified atom stereocenters. The average molecular weight is 555 g/mol. The third kappa shape index (κ3) is 7.01. The summed E-state index contributed by atoms with van der Waals surface area (Å²) in [5, 5.41) is 0. The summed E-state index contributed by atoms with van der Waals surface area (Å²) >= 11 is 0. The number of alkyl halides is 4. The summed E-state index contributed by atoms with van der Waals surface area (Å²) in [6.07, 6.45) is -3.41. The highest BCUT2D eigenvalue weighted by molar-refractivity contribution is 5.25. The lowest BCUT2D eigenvalue weighted by molar-refractivity contribution is -0.296. The lowest BCUT2D eigenvalue weighted by atomic mass is 9.85. The summed E-state index contributed by atoms with van der Waals surface area (Å²) in [6, 6.07) is 0.666. The molecule has 1 saturated heterocycles. The maximum absolute atomic E-state index is 14.9. The maximum atomic E-state index is 14.9. The van der Waals surface area contributed by atoms with Crippen LogP contribution in [-0.4, -0.2) is 37.8 Å². The minimum Gasteiger partial charge on any atom is -0.432 e. The van der Waals surface area contributed by atoms with Crippen molar-refractivity contribution in [2.75, 3.05) is 13.2 Å². The van der Waals surface area contributed by atoms with Crippen LogP contribution in [0.5, 0.6) is 5.75 Å². The topological polar surface area (TPSA) is 36.9 Å². The van der Waals surface area contributed by atoms with Crippen molar-refractivity contribution in [2.24, 2.45) is 23.7 Å². The van der Waals surface area contributed by atoms with Gasteiger partial charge in [-0.05, 0) is 44.9 Å². The second-order valence-corrected chi connectivity index (χ2v) is 10.4. The van der Waals surface area contributed by atoms with Crippen molar-refractivity contribution >= 4 is 0 Å². The van der Waals surface area contributed by atoms with E-state index in [4.69, 9.17) is 14.2 Å². The molecular weight excluding hydrogens is 521 g/mol. The second-order valence-electron chi connectivity index (χ2n) is 10.4. The Morgan fingerprint density at radius 1 is 0.842 bits per heavy atom. The Morgan fingerprint density at radius 2 is 1.47 bits per heavy atom. The molecule has 0 N–H and O–H groups in total. The summed E-state index contributed by atoms with van der Waals surface area (Å²) in [5.41, 5.74) is 0. The van der Waals surface area contributed by atoms with Crippen LogP contribution in [0.1, 0.15) is 58.3 Å². The van der Waals surface area contributed by atoms with Crippen LogP contribution in [0.4, 0.5) is 30.7 Å². The number of hydrogen-bond donors (Lipinski definition) is 0.